The first-order chi connectivity index (χ1) is 14.3. The van der Waals surface area contributed by atoms with Gasteiger partial charge in [0.15, 0.2) is 0 Å². The summed E-state index contributed by atoms with van der Waals surface area (Å²) in [4.78, 5) is 13.2. The van der Waals surface area contributed by atoms with E-state index >= 15 is 0 Å². The maximum absolute atomic E-state index is 6.00. The van der Waals surface area contributed by atoms with Crippen LogP contribution in [0.4, 0.5) is 5.82 Å². The number of hydrogen-bond acceptors (Lipinski definition) is 4. The minimum atomic E-state index is 0.516. The van der Waals surface area contributed by atoms with E-state index in [2.05, 4.69) is 54.6 Å². The molecule has 0 aliphatic heterocycles. The summed E-state index contributed by atoms with van der Waals surface area (Å²) in [6.07, 6.45) is 16.7. The third-order valence-corrected chi connectivity index (χ3v) is 6.89. The molecule has 4 aromatic rings. The Kier molecular flexibility index (Phi) is 3.86. The molecule has 148 valence electrons. The van der Waals surface area contributed by atoms with Gasteiger partial charge in [-0.3, -0.25) is 0 Å². The first-order valence-corrected chi connectivity index (χ1v) is 10.8. The smallest absolute Gasteiger partial charge is 0.145 e. The van der Waals surface area contributed by atoms with E-state index < -0.39 is 0 Å². The van der Waals surface area contributed by atoms with Gasteiger partial charge in [-0.15, -0.1) is 0 Å². The normalized spacial score (nSPS) is 22.1. The van der Waals surface area contributed by atoms with Gasteiger partial charge >= 0.3 is 0 Å². The van der Waals surface area contributed by atoms with Gasteiger partial charge in [0.05, 0.1) is 5.39 Å². The molecule has 0 saturated heterocycles. The number of rotatable bonds is 5. The van der Waals surface area contributed by atoms with Crippen molar-refractivity contribution in [3.63, 3.8) is 0 Å². The third kappa shape index (κ3) is 2.98. The van der Waals surface area contributed by atoms with E-state index in [-0.39, 0.29) is 0 Å². The van der Waals surface area contributed by atoms with Crippen molar-refractivity contribution in [3.05, 3.63) is 54.4 Å². The molecule has 0 radical (unpaired) electrons. The van der Waals surface area contributed by atoms with Crippen LogP contribution in [0.3, 0.4) is 0 Å². The van der Waals surface area contributed by atoms with Gasteiger partial charge < -0.3 is 14.7 Å². The number of aryl methyl sites for hydroxylation is 1. The summed E-state index contributed by atoms with van der Waals surface area (Å²) in [7, 11) is 0. The van der Waals surface area contributed by atoms with Gasteiger partial charge in [0.25, 0.3) is 0 Å². The van der Waals surface area contributed by atoms with Crippen LogP contribution in [0.25, 0.3) is 16.7 Å². The zero-order valence-corrected chi connectivity index (χ0v) is 16.5. The summed E-state index contributed by atoms with van der Waals surface area (Å²) in [6.45, 7) is 0. The highest BCUT2D eigenvalue weighted by Crippen LogP contribution is 2.41. The fraction of sp³-hybridized carbons (Fsp3) is 0.435. The molecular formula is C23H26N6. The predicted molar refractivity (Wildman–Crippen MR) is 114 cm³/mol. The topological polar surface area (TPSA) is 74.0 Å². The van der Waals surface area contributed by atoms with Crippen molar-refractivity contribution in [2.75, 3.05) is 5.73 Å². The number of fused-ring (bicyclic) bond motifs is 2. The van der Waals surface area contributed by atoms with Crippen molar-refractivity contribution in [1.29, 1.82) is 0 Å². The Morgan fingerprint density at radius 2 is 1.97 bits per heavy atom. The average Bonchev–Trinajstić information content (AvgIpc) is 3.15. The molecule has 0 amide bonds. The van der Waals surface area contributed by atoms with Crippen molar-refractivity contribution >= 4 is 22.5 Å². The lowest BCUT2D eigenvalue weighted by Crippen LogP contribution is -2.06. The molecule has 0 aromatic carbocycles. The maximum Gasteiger partial charge on any atom is 0.145 e. The Bertz CT molecular complexity index is 1180. The highest BCUT2D eigenvalue weighted by Gasteiger charge is 2.28. The lowest BCUT2D eigenvalue weighted by molar-refractivity contribution is 0.461. The highest BCUT2D eigenvalue weighted by molar-refractivity contribution is 5.86. The molecule has 0 spiro atoms. The molecule has 2 unspecified atom stereocenters. The van der Waals surface area contributed by atoms with Gasteiger partial charge in [0.1, 0.15) is 23.4 Å². The Hall–Kier alpha value is -2.89. The largest absolute Gasteiger partial charge is 0.383 e. The molecule has 2 aliphatic carbocycles. The van der Waals surface area contributed by atoms with Crippen LogP contribution in [-0.4, -0.2) is 23.9 Å². The molecule has 0 bridgehead atoms. The van der Waals surface area contributed by atoms with E-state index in [0.717, 1.165) is 34.9 Å². The minimum absolute atomic E-state index is 0.516. The Labute approximate surface area is 169 Å². The molecule has 29 heavy (non-hydrogen) atoms. The number of hydrogen-bond donors (Lipinski definition) is 1. The van der Waals surface area contributed by atoms with Gasteiger partial charge in [-0.25, -0.2) is 15.0 Å². The molecule has 4 heterocycles. The zero-order chi connectivity index (χ0) is 19.4. The average molecular weight is 387 g/mol. The van der Waals surface area contributed by atoms with E-state index in [4.69, 9.17) is 5.73 Å². The number of nitrogens with zero attached hydrogens (tertiary/aromatic N) is 5. The quantitative estimate of drug-likeness (QED) is 0.547. The Balaban J connectivity index is 1.13. The number of nitrogens with two attached hydrogens (primary N) is 1. The van der Waals surface area contributed by atoms with Crippen molar-refractivity contribution in [2.24, 2.45) is 5.92 Å². The summed E-state index contributed by atoms with van der Waals surface area (Å²) in [5.41, 5.74) is 10.9. The van der Waals surface area contributed by atoms with Crippen molar-refractivity contribution in [3.8, 4) is 0 Å². The number of anilines is 1. The van der Waals surface area contributed by atoms with Crippen LogP contribution in [-0.2, 0) is 6.42 Å². The van der Waals surface area contributed by atoms with Crippen LogP contribution in [0.2, 0.25) is 0 Å². The van der Waals surface area contributed by atoms with Crippen LogP contribution >= 0.6 is 0 Å². The van der Waals surface area contributed by atoms with Gasteiger partial charge in [-0.2, -0.15) is 0 Å². The second-order valence-corrected chi connectivity index (χ2v) is 8.81. The van der Waals surface area contributed by atoms with Crippen LogP contribution in [0, 0.1) is 5.92 Å². The lowest BCUT2D eigenvalue weighted by atomic mass is 9.98. The SMILES string of the molecule is Nc1ncnc2c1ccn2C1CCC(CCc2ccn3c(C4CC4)cnc3c2)C1. The highest BCUT2D eigenvalue weighted by atomic mass is 15.1. The molecule has 2 atom stereocenters. The van der Waals surface area contributed by atoms with Crippen molar-refractivity contribution < 1.29 is 0 Å². The second-order valence-electron chi connectivity index (χ2n) is 8.81. The van der Waals surface area contributed by atoms with Crippen molar-refractivity contribution in [1.82, 2.24) is 23.9 Å². The van der Waals surface area contributed by atoms with Crippen LogP contribution in [0.1, 0.15) is 61.7 Å². The van der Waals surface area contributed by atoms with E-state index in [1.54, 1.807) is 6.33 Å². The lowest BCUT2D eigenvalue weighted by Gasteiger charge is -2.14. The molecular weight excluding hydrogens is 360 g/mol. The van der Waals surface area contributed by atoms with Gasteiger partial charge in [-0.05, 0) is 74.6 Å². The fourth-order valence-corrected chi connectivity index (χ4v) is 5.10. The first-order valence-electron chi connectivity index (χ1n) is 10.8. The van der Waals surface area contributed by atoms with Crippen molar-refractivity contribution in [2.45, 2.75) is 56.9 Å². The van der Waals surface area contributed by atoms with E-state index in [1.807, 2.05) is 6.07 Å². The van der Waals surface area contributed by atoms with E-state index in [9.17, 15) is 0 Å². The molecule has 2 saturated carbocycles. The van der Waals surface area contributed by atoms with Gasteiger partial charge in [0, 0.05) is 36.2 Å². The van der Waals surface area contributed by atoms with Gasteiger partial charge in [0.2, 0.25) is 0 Å². The maximum atomic E-state index is 6.00. The monoisotopic (exact) mass is 386 g/mol. The summed E-state index contributed by atoms with van der Waals surface area (Å²) >= 11 is 0. The fourth-order valence-electron chi connectivity index (χ4n) is 5.10. The number of aromatic nitrogens is 5. The number of pyridine rings is 1. The molecule has 6 nitrogen and oxygen atoms in total. The standard InChI is InChI=1S/C23H26N6/c24-22-19-8-10-28(23(19)27-14-26-22)18-6-3-15(11-18)1-2-16-7-9-29-20(17-4-5-17)13-25-21(29)12-16/h7-10,12-15,17-18H,1-6,11H2,(H2,24,26,27). The summed E-state index contributed by atoms with van der Waals surface area (Å²) in [6, 6.07) is 7.12. The Morgan fingerprint density at radius 1 is 1.03 bits per heavy atom. The minimum Gasteiger partial charge on any atom is -0.383 e. The zero-order valence-electron chi connectivity index (χ0n) is 16.5. The molecule has 4 aromatic heterocycles. The third-order valence-electron chi connectivity index (χ3n) is 6.89. The van der Waals surface area contributed by atoms with Crippen LogP contribution in [0.5, 0.6) is 0 Å². The van der Waals surface area contributed by atoms with E-state index in [0.29, 0.717) is 11.9 Å². The van der Waals surface area contributed by atoms with E-state index in [1.165, 1.54) is 49.8 Å². The molecule has 2 N–H and O–H groups in total. The first kappa shape index (κ1) is 17.0. The molecule has 2 aliphatic rings. The number of imidazole rings is 1. The summed E-state index contributed by atoms with van der Waals surface area (Å²) < 4.78 is 4.58. The van der Waals surface area contributed by atoms with Crippen LogP contribution in [0.15, 0.2) is 43.1 Å². The molecule has 6 rings (SSSR count). The summed E-state index contributed by atoms with van der Waals surface area (Å²) in [5, 5.41) is 0.967. The van der Waals surface area contributed by atoms with Crippen LogP contribution < -0.4 is 5.73 Å². The summed E-state index contributed by atoms with van der Waals surface area (Å²) in [5.74, 6) is 2.06. The Morgan fingerprint density at radius 3 is 2.86 bits per heavy atom. The molecule has 2 fully saturated rings. The van der Waals surface area contributed by atoms with Gasteiger partial charge in [-0.1, -0.05) is 0 Å². The molecule has 6 heteroatoms. The predicted octanol–water partition coefficient (Wildman–Crippen LogP) is 4.51. The second kappa shape index (κ2) is 6.58. The number of nitrogen functional groups attached to an aromatic ring is 1.